The van der Waals surface area contributed by atoms with Crippen LogP contribution in [0, 0.1) is 35.4 Å². The summed E-state index contributed by atoms with van der Waals surface area (Å²) in [6.45, 7) is 2.05. The summed E-state index contributed by atoms with van der Waals surface area (Å²) in [5.41, 5.74) is 2.21. The van der Waals surface area contributed by atoms with Crippen molar-refractivity contribution in [3.63, 3.8) is 0 Å². The number of carbonyl (C=O) groups excluding carboxylic acids is 1. The maximum atomic E-state index is 14.0. The second kappa shape index (κ2) is 7.98. The topological polar surface area (TPSA) is 39.2 Å². The van der Waals surface area contributed by atoms with Crippen molar-refractivity contribution < 1.29 is 13.9 Å². The molecule has 0 unspecified atom stereocenters. The fraction of sp³-hybridized carbons (Fsp3) is 0.462. The number of carbonyl (C=O) groups is 1. The molecular weight excluding hydrogens is 377 g/mol. The van der Waals surface area contributed by atoms with Crippen molar-refractivity contribution in [2.45, 2.75) is 45.1 Å². The van der Waals surface area contributed by atoms with Crippen molar-refractivity contribution in [3.8, 4) is 11.1 Å². The number of fused-ring (bicyclic) bond motifs is 2. The van der Waals surface area contributed by atoms with E-state index in [1.54, 1.807) is 18.3 Å². The SMILES string of the molecule is C[C@H]1OC(=O)[C@@H]2C[C@@H]3CCCC[C@H]3[C@H](/C=C/c3ccc(-c4ccccc4F)cn3)[C@H]12. The monoisotopic (exact) mass is 405 g/mol. The maximum Gasteiger partial charge on any atom is 0.309 e. The first kappa shape index (κ1) is 19.5. The highest BCUT2D eigenvalue weighted by Gasteiger charge is 2.53. The number of aromatic nitrogens is 1. The van der Waals surface area contributed by atoms with Gasteiger partial charge in [-0.1, -0.05) is 49.6 Å². The van der Waals surface area contributed by atoms with Crippen LogP contribution in [0.5, 0.6) is 0 Å². The Hall–Kier alpha value is -2.49. The second-order valence-corrected chi connectivity index (χ2v) is 9.16. The second-order valence-electron chi connectivity index (χ2n) is 9.16. The molecule has 2 aliphatic carbocycles. The molecule has 1 aliphatic heterocycles. The molecule has 0 N–H and O–H groups in total. The summed E-state index contributed by atoms with van der Waals surface area (Å²) in [7, 11) is 0. The van der Waals surface area contributed by atoms with E-state index in [4.69, 9.17) is 4.74 Å². The fourth-order valence-electron chi connectivity index (χ4n) is 6.15. The summed E-state index contributed by atoms with van der Waals surface area (Å²) < 4.78 is 19.7. The van der Waals surface area contributed by atoms with E-state index in [1.165, 1.54) is 31.7 Å². The molecule has 3 nitrogen and oxygen atoms in total. The Labute approximate surface area is 177 Å². The van der Waals surface area contributed by atoms with Gasteiger partial charge in [0.25, 0.3) is 0 Å². The van der Waals surface area contributed by atoms with E-state index in [2.05, 4.69) is 17.1 Å². The number of pyridine rings is 1. The standard InChI is InChI=1S/C26H28FNO2/c1-16-25-22(20-7-3-2-6-17(20)14-23(25)26(29)30-16)13-12-19-11-10-18(15-28-19)21-8-4-5-9-24(21)27/h4-5,8-13,15-17,20,22-23,25H,2-3,6-7,14H2,1H3/b13-12+/t16-,17+,20-,22+,23-,25+/m1/s1. The van der Waals surface area contributed by atoms with Crippen LogP contribution in [0.3, 0.4) is 0 Å². The zero-order chi connectivity index (χ0) is 20.7. The Balaban J connectivity index is 1.40. The minimum Gasteiger partial charge on any atom is -0.462 e. The highest BCUT2D eigenvalue weighted by molar-refractivity contribution is 5.75. The van der Waals surface area contributed by atoms with Crippen LogP contribution in [-0.2, 0) is 9.53 Å². The predicted molar refractivity (Wildman–Crippen MR) is 115 cm³/mol. The van der Waals surface area contributed by atoms with Gasteiger partial charge in [0.15, 0.2) is 0 Å². The molecule has 2 aromatic rings. The molecule has 6 atom stereocenters. The first-order valence-corrected chi connectivity index (χ1v) is 11.2. The van der Waals surface area contributed by atoms with Crippen molar-refractivity contribution in [1.82, 2.24) is 4.98 Å². The van der Waals surface area contributed by atoms with E-state index < -0.39 is 0 Å². The highest BCUT2D eigenvalue weighted by Crippen LogP contribution is 2.53. The predicted octanol–water partition coefficient (Wildman–Crippen LogP) is 5.90. The average Bonchev–Trinajstić information content (AvgIpc) is 3.05. The third-order valence-electron chi connectivity index (χ3n) is 7.54. The quantitative estimate of drug-likeness (QED) is 0.597. The summed E-state index contributed by atoms with van der Waals surface area (Å²) in [5.74, 6) is 1.69. The lowest BCUT2D eigenvalue weighted by atomic mass is 9.57. The Morgan fingerprint density at radius 3 is 2.77 bits per heavy atom. The Kier molecular flexibility index (Phi) is 5.18. The van der Waals surface area contributed by atoms with Crippen molar-refractivity contribution in [2.75, 3.05) is 0 Å². The number of cyclic esters (lactones) is 1. The molecular formula is C26H28FNO2. The van der Waals surface area contributed by atoms with Gasteiger partial charge in [-0.15, -0.1) is 0 Å². The number of ether oxygens (including phenoxy) is 1. The van der Waals surface area contributed by atoms with Gasteiger partial charge in [0.05, 0.1) is 11.6 Å². The van der Waals surface area contributed by atoms with Gasteiger partial charge < -0.3 is 4.74 Å². The third kappa shape index (κ3) is 3.46. The van der Waals surface area contributed by atoms with Crippen LogP contribution >= 0.6 is 0 Å². The van der Waals surface area contributed by atoms with E-state index >= 15 is 0 Å². The molecule has 3 aliphatic rings. The number of nitrogens with zero attached hydrogens (tertiary/aromatic N) is 1. The number of benzene rings is 1. The van der Waals surface area contributed by atoms with Gasteiger partial charge >= 0.3 is 5.97 Å². The summed E-state index contributed by atoms with van der Waals surface area (Å²) in [6, 6.07) is 10.6. The van der Waals surface area contributed by atoms with Crippen LogP contribution < -0.4 is 0 Å². The summed E-state index contributed by atoms with van der Waals surface area (Å²) in [5, 5.41) is 0. The van der Waals surface area contributed by atoms with Gasteiger partial charge in [0, 0.05) is 23.2 Å². The Bertz CT molecular complexity index is 954. The van der Waals surface area contributed by atoms with Crippen molar-refractivity contribution in [2.24, 2.45) is 29.6 Å². The summed E-state index contributed by atoms with van der Waals surface area (Å²) >= 11 is 0. The minimum atomic E-state index is -0.237. The lowest BCUT2D eigenvalue weighted by Gasteiger charge is -2.45. The molecule has 1 saturated heterocycles. The molecule has 156 valence electrons. The number of halogens is 1. The molecule has 1 aromatic carbocycles. The molecule has 0 radical (unpaired) electrons. The maximum absolute atomic E-state index is 14.0. The lowest BCUT2D eigenvalue weighted by molar-refractivity contribution is -0.144. The Morgan fingerprint density at radius 1 is 1.13 bits per heavy atom. The van der Waals surface area contributed by atoms with Crippen LogP contribution in [0.1, 0.15) is 44.7 Å². The smallest absolute Gasteiger partial charge is 0.309 e. The molecule has 0 amide bonds. The molecule has 2 heterocycles. The van der Waals surface area contributed by atoms with Gasteiger partial charge in [-0.05, 0) is 55.7 Å². The van der Waals surface area contributed by atoms with E-state index in [0.29, 0.717) is 23.3 Å². The summed E-state index contributed by atoms with van der Waals surface area (Å²) in [6.07, 6.45) is 12.1. The molecule has 1 aromatic heterocycles. The van der Waals surface area contributed by atoms with E-state index in [0.717, 1.165) is 17.7 Å². The molecule has 30 heavy (non-hydrogen) atoms. The van der Waals surface area contributed by atoms with Gasteiger partial charge in [-0.3, -0.25) is 9.78 Å². The van der Waals surface area contributed by atoms with Crippen LogP contribution in [0.25, 0.3) is 17.2 Å². The normalized spacial score (nSPS) is 33.2. The van der Waals surface area contributed by atoms with E-state index in [-0.39, 0.29) is 29.7 Å². The lowest BCUT2D eigenvalue weighted by Crippen LogP contribution is -2.42. The largest absolute Gasteiger partial charge is 0.462 e. The third-order valence-corrected chi connectivity index (χ3v) is 7.54. The first-order chi connectivity index (χ1) is 14.6. The van der Waals surface area contributed by atoms with Crippen LogP contribution in [0.15, 0.2) is 48.7 Å². The van der Waals surface area contributed by atoms with Crippen molar-refractivity contribution >= 4 is 12.0 Å². The number of esters is 1. The van der Waals surface area contributed by atoms with Gasteiger partial charge in [0.2, 0.25) is 0 Å². The highest BCUT2D eigenvalue weighted by atomic mass is 19.1. The number of rotatable bonds is 3. The molecule has 0 bridgehead atoms. The molecule has 3 fully saturated rings. The van der Waals surface area contributed by atoms with E-state index in [1.807, 2.05) is 25.1 Å². The zero-order valence-corrected chi connectivity index (χ0v) is 17.3. The fourth-order valence-corrected chi connectivity index (χ4v) is 6.15. The van der Waals surface area contributed by atoms with Crippen LogP contribution in [-0.4, -0.2) is 17.1 Å². The van der Waals surface area contributed by atoms with Gasteiger partial charge in [-0.25, -0.2) is 4.39 Å². The van der Waals surface area contributed by atoms with Gasteiger partial charge in [-0.2, -0.15) is 0 Å². The van der Waals surface area contributed by atoms with Crippen LogP contribution in [0.2, 0.25) is 0 Å². The van der Waals surface area contributed by atoms with Gasteiger partial charge in [0.1, 0.15) is 11.9 Å². The van der Waals surface area contributed by atoms with Crippen molar-refractivity contribution in [3.05, 3.63) is 60.2 Å². The summed E-state index contributed by atoms with van der Waals surface area (Å²) in [4.78, 5) is 17.0. The number of hydrogen-bond acceptors (Lipinski definition) is 3. The molecule has 4 heteroatoms. The average molecular weight is 406 g/mol. The Morgan fingerprint density at radius 2 is 1.97 bits per heavy atom. The first-order valence-electron chi connectivity index (χ1n) is 11.2. The molecule has 5 rings (SSSR count). The van der Waals surface area contributed by atoms with Crippen molar-refractivity contribution in [1.29, 1.82) is 0 Å². The molecule has 0 spiro atoms. The zero-order valence-electron chi connectivity index (χ0n) is 17.3. The van der Waals surface area contributed by atoms with E-state index in [9.17, 15) is 9.18 Å². The van der Waals surface area contributed by atoms with Crippen LogP contribution in [0.4, 0.5) is 4.39 Å². The number of allylic oxidation sites excluding steroid dienone is 1. The molecule has 2 saturated carbocycles. The number of hydrogen-bond donors (Lipinski definition) is 0. The minimum absolute atomic E-state index is 0.00212.